The summed E-state index contributed by atoms with van der Waals surface area (Å²) in [4.78, 5) is 23.2. The van der Waals surface area contributed by atoms with Crippen LogP contribution in [0, 0.1) is 0 Å². The van der Waals surface area contributed by atoms with E-state index in [0.717, 1.165) is 0 Å². The maximum Gasteiger partial charge on any atom is 0.253 e. The highest BCUT2D eigenvalue weighted by molar-refractivity contribution is 6.33. The molecule has 6 heteroatoms. The SMILES string of the molecule is CC(C)NC(=O)CCNC(=O)c1cccc(Cl)c1N. The number of para-hydroxylation sites is 1. The van der Waals surface area contributed by atoms with Crippen molar-refractivity contribution in [1.29, 1.82) is 0 Å². The lowest BCUT2D eigenvalue weighted by molar-refractivity contribution is -0.121. The molecule has 0 bridgehead atoms. The molecule has 104 valence electrons. The Morgan fingerprint density at radius 1 is 1.37 bits per heavy atom. The van der Waals surface area contributed by atoms with Gasteiger partial charge >= 0.3 is 0 Å². The van der Waals surface area contributed by atoms with Crippen molar-refractivity contribution in [2.24, 2.45) is 0 Å². The smallest absolute Gasteiger partial charge is 0.253 e. The Bertz CT molecular complexity index is 475. The van der Waals surface area contributed by atoms with Gasteiger partial charge in [-0.05, 0) is 26.0 Å². The number of amides is 2. The van der Waals surface area contributed by atoms with Gasteiger partial charge in [-0.15, -0.1) is 0 Å². The van der Waals surface area contributed by atoms with Gasteiger partial charge in [0.2, 0.25) is 5.91 Å². The standard InChI is InChI=1S/C13H18ClN3O2/c1-8(2)17-11(18)6-7-16-13(19)9-4-3-5-10(14)12(9)15/h3-5,8H,6-7,15H2,1-2H3,(H,16,19)(H,17,18). The van der Waals surface area contributed by atoms with Crippen LogP contribution >= 0.6 is 11.6 Å². The van der Waals surface area contributed by atoms with Crippen LogP contribution in [0.1, 0.15) is 30.6 Å². The summed E-state index contributed by atoms with van der Waals surface area (Å²) >= 11 is 5.83. The van der Waals surface area contributed by atoms with E-state index < -0.39 is 0 Å². The van der Waals surface area contributed by atoms with Crippen molar-refractivity contribution in [2.45, 2.75) is 26.3 Å². The first-order valence-electron chi connectivity index (χ1n) is 6.03. The second-order valence-corrected chi connectivity index (χ2v) is 4.84. The van der Waals surface area contributed by atoms with Crippen LogP contribution in [0.5, 0.6) is 0 Å². The van der Waals surface area contributed by atoms with Crippen molar-refractivity contribution in [2.75, 3.05) is 12.3 Å². The Morgan fingerprint density at radius 2 is 2.05 bits per heavy atom. The van der Waals surface area contributed by atoms with E-state index >= 15 is 0 Å². The van der Waals surface area contributed by atoms with Crippen LogP contribution in [0.4, 0.5) is 5.69 Å². The average molecular weight is 284 g/mol. The number of halogens is 1. The van der Waals surface area contributed by atoms with Gasteiger partial charge in [-0.2, -0.15) is 0 Å². The van der Waals surface area contributed by atoms with E-state index in [1.165, 1.54) is 0 Å². The Kier molecular flexibility index (Phi) is 5.63. The molecular weight excluding hydrogens is 266 g/mol. The summed E-state index contributed by atoms with van der Waals surface area (Å²) in [5.74, 6) is -0.438. The molecule has 5 nitrogen and oxygen atoms in total. The molecule has 0 fully saturated rings. The summed E-state index contributed by atoms with van der Waals surface area (Å²) in [6.45, 7) is 4.01. The van der Waals surface area contributed by atoms with Gasteiger partial charge < -0.3 is 16.4 Å². The highest BCUT2D eigenvalue weighted by Gasteiger charge is 2.11. The first kappa shape index (κ1) is 15.3. The summed E-state index contributed by atoms with van der Waals surface area (Å²) in [5.41, 5.74) is 6.27. The fourth-order valence-electron chi connectivity index (χ4n) is 1.51. The number of carbonyl (C=O) groups excluding carboxylic acids is 2. The zero-order valence-electron chi connectivity index (χ0n) is 11.0. The lowest BCUT2D eigenvalue weighted by Gasteiger charge is -2.10. The fourth-order valence-corrected chi connectivity index (χ4v) is 1.69. The third kappa shape index (κ3) is 4.79. The lowest BCUT2D eigenvalue weighted by Crippen LogP contribution is -2.34. The fraction of sp³-hybridized carbons (Fsp3) is 0.385. The molecule has 4 N–H and O–H groups in total. The van der Waals surface area contributed by atoms with E-state index in [0.29, 0.717) is 10.6 Å². The maximum absolute atomic E-state index is 11.8. The largest absolute Gasteiger partial charge is 0.397 e. The number of nitrogens with two attached hydrogens (primary N) is 1. The van der Waals surface area contributed by atoms with Crippen molar-refractivity contribution in [3.8, 4) is 0 Å². The molecule has 2 amide bonds. The zero-order valence-corrected chi connectivity index (χ0v) is 11.8. The number of rotatable bonds is 5. The van der Waals surface area contributed by atoms with Crippen molar-refractivity contribution in [3.63, 3.8) is 0 Å². The average Bonchev–Trinajstić information content (AvgIpc) is 2.31. The topological polar surface area (TPSA) is 84.2 Å². The molecule has 0 saturated carbocycles. The van der Waals surface area contributed by atoms with Crippen LogP contribution in [-0.2, 0) is 4.79 Å². The number of anilines is 1. The molecule has 1 aromatic carbocycles. The molecule has 1 rings (SSSR count). The van der Waals surface area contributed by atoms with Gasteiger partial charge in [0.25, 0.3) is 5.91 Å². The first-order chi connectivity index (χ1) is 8.91. The minimum atomic E-state index is -0.336. The predicted octanol–water partition coefficient (Wildman–Crippen LogP) is 1.57. The highest BCUT2D eigenvalue weighted by atomic mass is 35.5. The van der Waals surface area contributed by atoms with E-state index in [1.54, 1.807) is 18.2 Å². The van der Waals surface area contributed by atoms with Gasteiger partial charge in [0.15, 0.2) is 0 Å². The van der Waals surface area contributed by atoms with Crippen LogP contribution in [0.25, 0.3) is 0 Å². The van der Waals surface area contributed by atoms with E-state index in [-0.39, 0.29) is 36.5 Å². The second kappa shape index (κ2) is 6.99. The summed E-state index contributed by atoms with van der Waals surface area (Å²) in [7, 11) is 0. The maximum atomic E-state index is 11.8. The summed E-state index contributed by atoms with van der Waals surface area (Å²) in [6, 6.07) is 4.94. The van der Waals surface area contributed by atoms with Gasteiger partial charge in [0, 0.05) is 19.0 Å². The molecular formula is C13H18ClN3O2. The van der Waals surface area contributed by atoms with E-state index in [9.17, 15) is 9.59 Å². The molecule has 0 saturated heterocycles. The second-order valence-electron chi connectivity index (χ2n) is 4.43. The Labute approximate surface area is 117 Å². The highest BCUT2D eigenvalue weighted by Crippen LogP contribution is 2.21. The molecule has 0 atom stereocenters. The number of hydrogen-bond acceptors (Lipinski definition) is 3. The molecule has 0 unspecified atom stereocenters. The van der Waals surface area contributed by atoms with E-state index in [4.69, 9.17) is 17.3 Å². The summed E-state index contributed by atoms with van der Waals surface area (Å²) in [5, 5.41) is 5.71. The number of benzene rings is 1. The molecule has 0 radical (unpaired) electrons. The quantitative estimate of drug-likeness (QED) is 0.717. The van der Waals surface area contributed by atoms with E-state index in [2.05, 4.69) is 10.6 Å². The van der Waals surface area contributed by atoms with E-state index in [1.807, 2.05) is 13.8 Å². The minimum absolute atomic E-state index is 0.0896. The Morgan fingerprint density at radius 3 is 2.68 bits per heavy atom. The number of hydrogen-bond donors (Lipinski definition) is 3. The van der Waals surface area contributed by atoms with Crippen molar-refractivity contribution in [1.82, 2.24) is 10.6 Å². The monoisotopic (exact) mass is 283 g/mol. The van der Waals surface area contributed by atoms with Crippen LogP contribution in [0.2, 0.25) is 5.02 Å². The number of nitrogens with one attached hydrogen (secondary N) is 2. The lowest BCUT2D eigenvalue weighted by atomic mass is 10.1. The van der Waals surface area contributed by atoms with Crippen molar-refractivity contribution in [3.05, 3.63) is 28.8 Å². The molecule has 0 aliphatic carbocycles. The van der Waals surface area contributed by atoms with Gasteiger partial charge in [0.1, 0.15) is 0 Å². The molecule has 1 aromatic rings. The molecule has 0 spiro atoms. The predicted molar refractivity (Wildman–Crippen MR) is 76.1 cm³/mol. The zero-order chi connectivity index (χ0) is 14.4. The van der Waals surface area contributed by atoms with Gasteiger partial charge in [0.05, 0.1) is 16.3 Å². The third-order valence-electron chi connectivity index (χ3n) is 2.38. The van der Waals surface area contributed by atoms with Crippen LogP contribution in [-0.4, -0.2) is 24.4 Å². The number of nitrogen functional groups attached to an aromatic ring is 1. The molecule has 0 aliphatic heterocycles. The normalized spacial score (nSPS) is 10.3. The van der Waals surface area contributed by atoms with Crippen LogP contribution < -0.4 is 16.4 Å². The van der Waals surface area contributed by atoms with Gasteiger partial charge in [-0.3, -0.25) is 9.59 Å². The molecule has 0 aromatic heterocycles. The van der Waals surface area contributed by atoms with Gasteiger partial charge in [-0.25, -0.2) is 0 Å². The molecule has 19 heavy (non-hydrogen) atoms. The minimum Gasteiger partial charge on any atom is -0.397 e. The third-order valence-corrected chi connectivity index (χ3v) is 2.71. The number of carbonyl (C=O) groups is 2. The van der Waals surface area contributed by atoms with Crippen LogP contribution in [0.15, 0.2) is 18.2 Å². The first-order valence-corrected chi connectivity index (χ1v) is 6.41. The van der Waals surface area contributed by atoms with Gasteiger partial charge in [-0.1, -0.05) is 17.7 Å². The van der Waals surface area contributed by atoms with Crippen molar-refractivity contribution >= 4 is 29.1 Å². The van der Waals surface area contributed by atoms with Crippen LogP contribution in [0.3, 0.4) is 0 Å². The summed E-state index contributed by atoms with van der Waals surface area (Å²) < 4.78 is 0. The Hall–Kier alpha value is -1.75. The Balaban J connectivity index is 2.48. The van der Waals surface area contributed by atoms with Crippen molar-refractivity contribution < 1.29 is 9.59 Å². The molecule has 0 aliphatic rings. The molecule has 0 heterocycles. The summed E-state index contributed by atoms with van der Waals surface area (Å²) in [6.07, 6.45) is 0.227.